The molecule has 1 spiro atoms. The first-order chi connectivity index (χ1) is 15.2. The number of amides is 5. The van der Waals surface area contributed by atoms with E-state index in [1.807, 2.05) is 6.92 Å². The maximum absolute atomic E-state index is 12.9. The first kappa shape index (κ1) is 24.1. The number of hydrazine groups is 1. The quantitative estimate of drug-likeness (QED) is 0.312. The zero-order chi connectivity index (χ0) is 23.3. The van der Waals surface area contributed by atoms with Gasteiger partial charge in [0.15, 0.2) is 0 Å². The van der Waals surface area contributed by atoms with Gasteiger partial charge in [0.2, 0.25) is 5.91 Å². The highest BCUT2D eigenvalue weighted by atomic mass is 35.5. The predicted octanol–water partition coefficient (Wildman–Crippen LogP) is 2.80. The highest BCUT2D eigenvalue weighted by Gasteiger charge is 2.55. The van der Waals surface area contributed by atoms with Crippen LogP contribution in [0.15, 0.2) is 18.2 Å². The van der Waals surface area contributed by atoms with E-state index < -0.39 is 29.9 Å². The summed E-state index contributed by atoms with van der Waals surface area (Å²) >= 11 is 11.8. The topological polar surface area (TPSA) is 117 Å². The van der Waals surface area contributed by atoms with Crippen molar-refractivity contribution >= 4 is 47.0 Å². The maximum Gasteiger partial charge on any atom is 0.325 e. The highest BCUT2D eigenvalue weighted by molar-refractivity contribution is 6.35. The van der Waals surface area contributed by atoms with Crippen molar-refractivity contribution in [3.63, 3.8) is 0 Å². The van der Waals surface area contributed by atoms with Gasteiger partial charge in [-0.3, -0.25) is 30.1 Å². The molecule has 1 saturated carbocycles. The van der Waals surface area contributed by atoms with Gasteiger partial charge in [-0.1, -0.05) is 43.0 Å². The van der Waals surface area contributed by atoms with Crippen molar-refractivity contribution in [1.29, 1.82) is 0 Å². The van der Waals surface area contributed by atoms with Gasteiger partial charge in [0.05, 0.1) is 11.6 Å². The second-order valence-electron chi connectivity index (χ2n) is 8.06. The summed E-state index contributed by atoms with van der Waals surface area (Å²) in [6.07, 6.45) is 3.74. The minimum Gasteiger partial charge on any atom is -0.492 e. The van der Waals surface area contributed by atoms with E-state index in [1.54, 1.807) is 18.2 Å². The predicted molar refractivity (Wildman–Crippen MR) is 118 cm³/mol. The minimum atomic E-state index is -0.925. The van der Waals surface area contributed by atoms with Crippen molar-refractivity contribution < 1.29 is 23.9 Å². The molecule has 9 nitrogen and oxygen atoms in total. The Morgan fingerprint density at radius 2 is 1.97 bits per heavy atom. The number of nitrogens with one attached hydrogen (secondary N) is 3. The molecule has 2 aliphatic rings. The third-order valence-electron chi connectivity index (χ3n) is 5.84. The number of imide groups is 1. The monoisotopic (exact) mass is 484 g/mol. The van der Waals surface area contributed by atoms with E-state index in [0.717, 1.165) is 24.2 Å². The van der Waals surface area contributed by atoms with Gasteiger partial charge in [-0.05, 0) is 43.4 Å². The molecular weight excluding hydrogens is 459 g/mol. The summed E-state index contributed by atoms with van der Waals surface area (Å²) in [5.74, 6) is -1.01. The van der Waals surface area contributed by atoms with Crippen LogP contribution in [0.4, 0.5) is 4.79 Å². The smallest absolute Gasteiger partial charge is 0.325 e. The van der Waals surface area contributed by atoms with Crippen molar-refractivity contribution in [2.75, 3.05) is 13.2 Å². The van der Waals surface area contributed by atoms with Crippen LogP contribution in [0.1, 0.15) is 45.4 Å². The molecule has 0 bridgehead atoms. The number of ether oxygens (including phenoxy) is 1. The summed E-state index contributed by atoms with van der Waals surface area (Å²) in [5.41, 5.74) is 3.59. The first-order valence-corrected chi connectivity index (χ1v) is 11.3. The van der Waals surface area contributed by atoms with Crippen LogP contribution in [0.2, 0.25) is 10.0 Å². The van der Waals surface area contributed by atoms with Crippen LogP contribution in [-0.4, -0.2) is 47.3 Å². The normalized spacial score (nSPS) is 22.6. The number of carbonyl (C=O) groups excluding carboxylic acids is 4. The van der Waals surface area contributed by atoms with Crippen molar-refractivity contribution in [1.82, 2.24) is 21.1 Å². The maximum atomic E-state index is 12.9. The molecule has 2 fully saturated rings. The van der Waals surface area contributed by atoms with E-state index in [-0.39, 0.29) is 24.9 Å². The fourth-order valence-corrected chi connectivity index (χ4v) is 4.49. The third-order valence-corrected chi connectivity index (χ3v) is 6.37. The van der Waals surface area contributed by atoms with E-state index in [4.69, 9.17) is 27.9 Å². The van der Waals surface area contributed by atoms with Crippen LogP contribution in [-0.2, 0) is 14.4 Å². The molecule has 174 valence electrons. The Labute approximate surface area is 196 Å². The molecule has 2 unspecified atom stereocenters. The molecule has 1 saturated heterocycles. The Bertz CT molecular complexity index is 912. The van der Waals surface area contributed by atoms with E-state index in [0.29, 0.717) is 28.6 Å². The Balaban J connectivity index is 1.38. The largest absolute Gasteiger partial charge is 0.492 e. The average molecular weight is 485 g/mol. The van der Waals surface area contributed by atoms with Crippen LogP contribution < -0.4 is 20.9 Å². The second kappa shape index (κ2) is 10.4. The summed E-state index contributed by atoms with van der Waals surface area (Å²) in [4.78, 5) is 50.2. The zero-order valence-corrected chi connectivity index (χ0v) is 19.2. The van der Waals surface area contributed by atoms with Crippen molar-refractivity contribution in [3.8, 4) is 5.75 Å². The van der Waals surface area contributed by atoms with E-state index in [2.05, 4.69) is 16.2 Å². The Kier molecular flexibility index (Phi) is 7.84. The standard InChI is InChI=1S/C21H26Cl2N4O5/c1-13-5-2-3-9-21(13)19(30)27(20(31)24-21)12-18(29)26-25-17(28)6-4-10-32-16-8-7-14(22)11-15(16)23/h7-8,11,13H,2-6,9-10,12H2,1H3,(H,24,31)(H,25,28)(H,26,29). The number of halogens is 2. The fourth-order valence-electron chi connectivity index (χ4n) is 4.03. The van der Waals surface area contributed by atoms with E-state index in [1.165, 1.54) is 0 Å². The number of hydrogen-bond donors (Lipinski definition) is 3. The molecule has 2 atom stereocenters. The Hall–Kier alpha value is -2.52. The lowest BCUT2D eigenvalue weighted by atomic mass is 9.73. The number of nitrogens with zero attached hydrogens (tertiary/aromatic N) is 1. The van der Waals surface area contributed by atoms with Gasteiger partial charge < -0.3 is 10.1 Å². The van der Waals surface area contributed by atoms with Gasteiger partial charge >= 0.3 is 6.03 Å². The lowest BCUT2D eigenvalue weighted by molar-refractivity contribution is -0.138. The number of benzene rings is 1. The summed E-state index contributed by atoms with van der Waals surface area (Å²) in [5, 5.41) is 3.65. The average Bonchev–Trinajstić information content (AvgIpc) is 2.98. The first-order valence-electron chi connectivity index (χ1n) is 10.5. The minimum absolute atomic E-state index is 0.00503. The van der Waals surface area contributed by atoms with Gasteiger partial charge in [0.1, 0.15) is 17.8 Å². The van der Waals surface area contributed by atoms with Gasteiger partial charge in [0.25, 0.3) is 11.8 Å². The van der Waals surface area contributed by atoms with Crippen LogP contribution in [0, 0.1) is 5.92 Å². The van der Waals surface area contributed by atoms with E-state index >= 15 is 0 Å². The number of rotatable bonds is 7. The summed E-state index contributed by atoms with van der Waals surface area (Å²) in [6, 6.07) is 4.26. The van der Waals surface area contributed by atoms with Crippen molar-refractivity contribution in [3.05, 3.63) is 28.2 Å². The number of hydrogen-bond acceptors (Lipinski definition) is 5. The summed E-state index contributed by atoms with van der Waals surface area (Å²) in [6.45, 7) is 1.72. The number of carbonyl (C=O) groups is 4. The van der Waals surface area contributed by atoms with Gasteiger partial charge in [-0.2, -0.15) is 0 Å². The lowest BCUT2D eigenvalue weighted by Crippen LogP contribution is -2.54. The van der Waals surface area contributed by atoms with Crippen LogP contribution in [0.3, 0.4) is 0 Å². The summed E-state index contributed by atoms with van der Waals surface area (Å²) in [7, 11) is 0. The molecule has 32 heavy (non-hydrogen) atoms. The molecule has 1 heterocycles. The molecular formula is C21H26Cl2N4O5. The molecule has 0 radical (unpaired) electrons. The highest BCUT2D eigenvalue weighted by Crippen LogP contribution is 2.38. The lowest BCUT2D eigenvalue weighted by Gasteiger charge is -2.36. The fraction of sp³-hybridized carbons (Fsp3) is 0.524. The van der Waals surface area contributed by atoms with Crippen LogP contribution >= 0.6 is 23.2 Å². The Morgan fingerprint density at radius 3 is 2.69 bits per heavy atom. The zero-order valence-electron chi connectivity index (χ0n) is 17.7. The molecule has 0 aromatic heterocycles. The second-order valence-corrected chi connectivity index (χ2v) is 8.91. The van der Waals surface area contributed by atoms with Gasteiger partial charge in [-0.25, -0.2) is 4.79 Å². The van der Waals surface area contributed by atoms with Crippen molar-refractivity contribution in [2.45, 2.75) is 51.0 Å². The SMILES string of the molecule is CC1CCCCC12NC(=O)N(CC(=O)NNC(=O)CCCOc1ccc(Cl)cc1Cl)C2=O. The number of urea groups is 1. The Morgan fingerprint density at radius 1 is 1.22 bits per heavy atom. The van der Waals surface area contributed by atoms with E-state index in [9.17, 15) is 19.2 Å². The van der Waals surface area contributed by atoms with Gasteiger partial charge in [0, 0.05) is 11.4 Å². The summed E-state index contributed by atoms with van der Waals surface area (Å²) < 4.78 is 5.50. The van der Waals surface area contributed by atoms with Crippen LogP contribution in [0.25, 0.3) is 0 Å². The van der Waals surface area contributed by atoms with Crippen molar-refractivity contribution in [2.24, 2.45) is 5.92 Å². The molecule has 1 aliphatic carbocycles. The molecule has 1 aliphatic heterocycles. The third kappa shape index (κ3) is 5.45. The van der Waals surface area contributed by atoms with Crippen LogP contribution in [0.5, 0.6) is 5.75 Å². The molecule has 1 aromatic rings. The molecule has 5 amide bonds. The van der Waals surface area contributed by atoms with Gasteiger partial charge in [-0.15, -0.1) is 0 Å². The molecule has 3 rings (SSSR count). The molecule has 1 aromatic carbocycles. The molecule has 11 heteroatoms. The molecule has 3 N–H and O–H groups in total.